The van der Waals surface area contributed by atoms with E-state index in [1.54, 1.807) is 4.68 Å². The molecule has 1 fully saturated rings. The lowest BCUT2D eigenvalue weighted by atomic mass is 9.83. The van der Waals surface area contributed by atoms with E-state index in [-0.39, 0.29) is 36.4 Å². The summed E-state index contributed by atoms with van der Waals surface area (Å²) < 4.78 is 7.61. The smallest absolute Gasteiger partial charge is 0.290 e. The third-order valence-corrected chi connectivity index (χ3v) is 4.65. The Morgan fingerprint density at radius 3 is 2.69 bits per heavy atom. The van der Waals surface area contributed by atoms with Crippen LogP contribution in [0.2, 0.25) is 0 Å². The second kappa shape index (κ2) is 13.6. The van der Waals surface area contributed by atoms with E-state index in [1.807, 2.05) is 20.0 Å². The molecule has 0 aliphatic heterocycles. The van der Waals surface area contributed by atoms with Gasteiger partial charge in [0.05, 0.1) is 24.4 Å². The summed E-state index contributed by atoms with van der Waals surface area (Å²) in [7, 11) is 0. The van der Waals surface area contributed by atoms with Crippen molar-refractivity contribution in [2.45, 2.75) is 71.6 Å². The zero-order chi connectivity index (χ0) is 21.6. The van der Waals surface area contributed by atoms with Gasteiger partial charge in [-0.1, -0.05) is 19.1 Å². The molecule has 3 atom stereocenters. The van der Waals surface area contributed by atoms with E-state index in [0.29, 0.717) is 32.5 Å². The van der Waals surface area contributed by atoms with Gasteiger partial charge in [-0.05, 0) is 32.6 Å². The Morgan fingerprint density at radius 1 is 1.38 bits per heavy atom. The van der Waals surface area contributed by atoms with Crippen LogP contribution in [0.25, 0.3) is 0 Å². The van der Waals surface area contributed by atoms with Crippen molar-refractivity contribution >= 4 is 18.3 Å². The normalized spacial score (nSPS) is 20.9. The molecule has 29 heavy (non-hydrogen) atoms. The van der Waals surface area contributed by atoms with Gasteiger partial charge in [0.25, 0.3) is 6.47 Å². The molecule has 0 bridgehead atoms. The summed E-state index contributed by atoms with van der Waals surface area (Å²) in [5.74, 6) is -0.0645. The number of hydrogen-bond donors (Lipinski definition) is 3. The first-order valence-corrected chi connectivity index (χ1v) is 10.1. The summed E-state index contributed by atoms with van der Waals surface area (Å²) in [5, 5.41) is 20.8. The first-order valence-electron chi connectivity index (χ1n) is 10.1. The van der Waals surface area contributed by atoms with Crippen LogP contribution in [0.15, 0.2) is 6.20 Å². The highest BCUT2D eigenvalue weighted by Gasteiger charge is 2.35. The molecule has 0 spiro atoms. The van der Waals surface area contributed by atoms with Crippen LogP contribution in [0.5, 0.6) is 0 Å². The summed E-state index contributed by atoms with van der Waals surface area (Å²) in [6.45, 7) is 7.31. The van der Waals surface area contributed by atoms with Crippen molar-refractivity contribution in [3.8, 4) is 0 Å². The molecule has 10 nitrogen and oxygen atoms in total. The Hall–Kier alpha value is -2.49. The minimum absolute atomic E-state index is 0.00251. The second-order valence-corrected chi connectivity index (χ2v) is 6.97. The molecule has 1 heterocycles. The fraction of sp³-hybridized carbons (Fsp3) is 0.737. The maximum Gasteiger partial charge on any atom is 0.290 e. The van der Waals surface area contributed by atoms with Crippen LogP contribution in [0, 0.1) is 12.8 Å². The average Bonchev–Trinajstić information content (AvgIpc) is 3.12. The fourth-order valence-corrected chi connectivity index (χ4v) is 3.25. The van der Waals surface area contributed by atoms with Crippen molar-refractivity contribution in [1.29, 1.82) is 0 Å². The van der Waals surface area contributed by atoms with Gasteiger partial charge in [-0.25, -0.2) is 0 Å². The number of amides is 2. The number of hydrogen-bond acceptors (Lipinski definition) is 6. The van der Waals surface area contributed by atoms with Crippen molar-refractivity contribution in [2.24, 2.45) is 5.92 Å². The first kappa shape index (κ1) is 24.5. The molecule has 1 aromatic rings. The van der Waals surface area contributed by atoms with E-state index in [9.17, 15) is 9.59 Å². The summed E-state index contributed by atoms with van der Waals surface area (Å²) >= 11 is 0. The van der Waals surface area contributed by atoms with Gasteiger partial charge in [-0.2, -0.15) is 0 Å². The zero-order valence-corrected chi connectivity index (χ0v) is 17.5. The van der Waals surface area contributed by atoms with Gasteiger partial charge in [0.2, 0.25) is 11.8 Å². The van der Waals surface area contributed by atoms with Gasteiger partial charge in [-0.3, -0.25) is 19.1 Å². The third-order valence-electron chi connectivity index (χ3n) is 4.65. The van der Waals surface area contributed by atoms with Gasteiger partial charge in [0, 0.05) is 31.7 Å². The summed E-state index contributed by atoms with van der Waals surface area (Å²) in [6.07, 6.45) is 5.40. The van der Waals surface area contributed by atoms with Gasteiger partial charge >= 0.3 is 0 Å². The Morgan fingerprint density at radius 2 is 2.10 bits per heavy atom. The highest BCUT2D eigenvalue weighted by molar-refractivity contribution is 5.79. The van der Waals surface area contributed by atoms with E-state index in [0.717, 1.165) is 25.0 Å². The molecule has 0 aromatic carbocycles. The van der Waals surface area contributed by atoms with Crippen molar-refractivity contribution in [3.05, 3.63) is 11.9 Å². The first-order chi connectivity index (χ1) is 13.9. The molecular formula is C19H33N5O5. The molecule has 2 rings (SSSR count). The van der Waals surface area contributed by atoms with E-state index in [2.05, 4.69) is 27.9 Å². The molecule has 3 N–H and O–H groups in total. The minimum Gasteiger partial charge on any atom is -0.483 e. The highest BCUT2D eigenvalue weighted by atomic mass is 16.5. The number of rotatable bonds is 9. The Bertz CT molecular complexity index is 636. The van der Waals surface area contributed by atoms with E-state index >= 15 is 0 Å². The zero-order valence-electron chi connectivity index (χ0n) is 17.5. The van der Waals surface area contributed by atoms with E-state index in [4.69, 9.17) is 14.6 Å². The molecule has 0 radical (unpaired) electrons. The highest BCUT2D eigenvalue weighted by Crippen LogP contribution is 2.27. The molecule has 2 amide bonds. The Balaban J connectivity index is 0.00000132. The van der Waals surface area contributed by atoms with Gasteiger partial charge < -0.3 is 20.5 Å². The van der Waals surface area contributed by atoms with Crippen LogP contribution in [-0.4, -0.2) is 63.7 Å². The van der Waals surface area contributed by atoms with Gasteiger partial charge in [-0.15, -0.1) is 5.10 Å². The third kappa shape index (κ3) is 9.03. The molecule has 0 saturated heterocycles. The molecule has 10 heteroatoms. The molecule has 1 saturated carbocycles. The predicted molar refractivity (Wildman–Crippen MR) is 106 cm³/mol. The SMILES string of the molecule is CCCO[C@@H]1CC[C@H](C(=O)NCCn2cc(C)nn2)C[C@H]1NC(=O)CC.O=CO. The standard InChI is InChI=1S/C18H31N5O3.CH2O2/c1-4-10-26-16-7-6-14(11-15(16)20-17(24)5-2)18(25)19-8-9-23-12-13(3)21-22-23;2-1-3/h12,14-16H,4-11H2,1-3H3,(H,19,25)(H,20,24);1H,(H,2,3)/t14-,15+,16+;/m0./s1. The lowest BCUT2D eigenvalue weighted by Gasteiger charge is -2.36. The molecule has 164 valence electrons. The molecule has 1 aromatic heterocycles. The number of aryl methyl sites for hydroxylation is 1. The van der Waals surface area contributed by atoms with Crippen LogP contribution >= 0.6 is 0 Å². The molecule has 1 aliphatic rings. The lowest BCUT2D eigenvalue weighted by molar-refractivity contribution is -0.130. The van der Waals surface area contributed by atoms with Crippen LogP contribution < -0.4 is 10.6 Å². The molecule has 1 aliphatic carbocycles. The summed E-state index contributed by atoms with van der Waals surface area (Å²) in [4.78, 5) is 32.7. The number of carbonyl (C=O) groups is 3. The van der Waals surface area contributed by atoms with Crippen molar-refractivity contribution < 1.29 is 24.2 Å². The van der Waals surface area contributed by atoms with Crippen molar-refractivity contribution in [2.75, 3.05) is 13.2 Å². The number of nitrogens with zero attached hydrogens (tertiary/aromatic N) is 3. The molecular weight excluding hydrogens is 378 g/mol. The van der Waals surface area contributed by atoms with E-state index < -0.39 is 0 Å². The topological polar surface area (TPSA) is 135 Å². The van der Waals surface area contributed by atoms with Gasteiger partial charge in [0.1, 0.15) is 0 Å². The second-order valence-electron chi connectivity index (χ2n) is 6.97. The monoisotopic (exact) mass is 411 g/mol. The van der Waals surface area contributed by atoms with Crippen LogP contribution in [-0.2, 0) is 25.7 Å². The maximum atomic E-state index is 12.5. The van der Waals surface area contributed by atoms with Crippen LogP contribution in [0.4, 0.5) is 0 Å². The average molecular weight is 412 g/mol. The lowest BCUT2D eigenvalue weighted by Crippen LogP contribution is -2.50. The van der Waals surface area contributed by atoms with Gasteiger partial charge in [0.15, 0.2) is 0 Å². The predicted octanol–water partition coefficient (Wildman–Crippen LogP) is 0.894. The fourth-order valence-electron chi connectivity index (χ4n) is 3.25. The summed E-state index contributed by atoms with van der Waals surface area (Å²) in [6, 6.07) is -0.100. The number of carboxylic acid groups (broad SMARTS) is 1. The van der Waals surface area contributed by atoms with Crippen molar-refractivity contribution in [3.63, 3.8) is 0 Å². The Labute approximate surface area is 171 Å². The number of aromatic nitrogens is 3. The minimum atomic E-state index is -0.250. The number of carbonyl (C=O) groups excluding carboxylic acids is 2. The largest absolute Gasteiger partial charge is 0.483 e. The molecule has 0 unspecified atom stereocenters. The van der Waals surface area contributed by atoms with Crippen molar-refractivity contribution in [1.82, 2.24) is 25.6 Å². The van der Waals surface area contributed by atoms with Crippen LogP contribution in [0.3, 0.4) is 0 Å². The Kier molecular flexibility index (Phi) is 11.6. The maximum absolute atomic E-state index is 12.5. The summed E-state index contributed by atoms with van der Waals surface area (Å²) in [5.41, 5.74) is 0.858. The number of nitrogens with one attached hydrogen (secondary N) is 2. The van der Waals surface area contributed by atoms with E-state index in [1.165, 1.54) is 0 Å². The quantitative estimate of drug-likeness (QED) is 0.514. The number of ether oxygens (including phenoxy) is 1. The van der Waals surface area contributed by atoms with Crippen LogP contribution in [0.1, 0.15) is 51.6 Å².